The first-order chi connectivity index (χ1) is 19.5. The van der Waals surface area contributed by atoms with Crippen molar-refractivity contribution in [3.8, 4) is 29.0 Å². The normalized spacial score (nSPS) is 17.0. The number of halogens is 5. The van der Waals surface area contributed by atoms with E-state index in [1.165, 1.54) is 54.5 Å². The van der Waals surface area contributed by atoms with Gasteiger partial charge in [-0.3, -0.25) is 4.68 Å². The highest BCUT2D eigenvalue weighted by Gasteiger charge is 2.51. The van der Waals surface area contributed by atoms with Crippen molar-refractivity contribution in [2.75, 3.05) is 32.2 Å². The molecule has 17 heteroatoms. The lowest BCUT2D eigenvalue weighted by Gasteiger charge is -2.19. The van der Waals surface area contributed by atoms with Crippen LogP contribution in [0.3, 0.4) is 0 Å². The van der Waals surface area contributed by atoms with Gasteiger partial charge in [0.15, 0.2) is 11.8 Å². The Morgan fingerprint density at radius 3 is 2.61 bits per heavy atom. The van der Waals surface area contributed by atoms with Crippen LogP contribution >= 0.6 is 0 Å². The van der Waals surface area contributed by atoms with Gasteiger partial charge in [0.2, 0.25) is 11.8 Å². The van der Waals surface area contributed by atoms with Crippen LogP contribution in [-0.2, 0) is 6.54 Å². The van der Waals surface area contributed by atoms with Gasteiger partial charge in [0, 0.05) is 36.0 Å². The SMILES string of the molecule is COc1ncc(-c2cc(N3CC(Oc4cc5c(cn4)cnn5CC(F)(F)F)C(F)(F)C3)n3nccc3n2)c(OC)n1. The Morgan fingerprint density at radius 2 is 1.85 bits per heavy atom. The first kappa shape index (κ1) is 26.4. The summed E-state index contributed by atoms with van der Waals surface area (Å²) in [5, 5.41) is 8.25. The molecule has 1 aliphatic heterocycles. The maximum Gasteiger partial charge on any atom is 0.408 e. The smallest absolute Gasteiger partial charge is 0.408 e. The lowest BCUT2D eigenvalue weighted by atomic mass is 10.2. The summed E-state index contributed by atoms with van der Waals surface area (Å²) in [6.45, 7) is -2.37. The van der Waals surface area contributed by atoms with Crippen LogP contribution in [0.25, 0.3) is 27.8 Å². The summed E-state index contributed by atoms with van der Waals surface area (Å²) in [4.78, 5) is 18.2. The molecule has 0 radical (unpaired) electrons. The molecule has 1 atom stereocenters. The first-order valence-corrected chi connectivity index (χ1v) is 12.0. The summed E-state index contributed by atoms with van der Waals surface area (Å²) < 4.78 is 87.4. The van der Waals surface area contributed by atoms with Gasteiger partial charge in [-0.25, -0.2) is 23.7 Å². The topological polar surface area (TPSA) is 118 Å². The molecular weight excluding hydrogens is 557 g/mol. The number of alkyl halides is 5. The highest BCUT2D eigenvalue weighted by molar-refractivity contribution is 5.78. The molecule has 0 aliphatic carbocycles. The minimum atomic E-state index is -4.52. The van der Waals surface area contributed by atoms with E-state index >= 15 is 8.78 Å². The minimum Gasteiger partial charge on any atom is -0.480 e. The van der Waals surface area contributed by atoms with Gasteiger partial charge in [-0.2, -0.15) is 32.9 Å². The molecule has 0 amide bonds. The molecule has 0 bridgehead atoms. The fourth-order valence-corrected chi connectivity index (χ4v) is 4.55. The van der Waals surface area contributed by atoms with Gasteiger partial charge in [-0.15, -0.1) is 0 Å². The molecular formula is C24H20F5N9O3. The zero-order valence-electron chi connectivity index (χ0n) is 21.4. The Hall–Kier alpha value is -4.83. The minimum absolute atomic E-state index is 0.0539. The van der Waals surface area contributed by atoms with E-state index < -0.39 is 31.3 Å². The summed E-state index contributed by atoms with van der Waals surface area (Å²) in [5.41, 5.74) is 1.15. The molecule has 12 nitrogen and oxygen atoms in total. The second-order valence-electron chi connectivity index (χ2n) is 9.13. The second kappa shape index (κ2) is 9.67. The summed E-state index contributed by atoms with van der Waals surface area (Å²) in [6, 6.07) is 4.39. The molecule has 1 aliphatic rings. The van der Waals surface area contributed by atoms with Crippen LogP contribution in [0.1, 0.15) is 0 Å². The van der Waals surface area contributed by atoms with Gasteiger partial charge in [0.25, 0.3) is 0 Å². The van der Waals surface area contributed by atoms with E-state index in [9.17, 15) is 13.2 Å². The van der Waals surface area contributed by atoms with Crippen molar-refractivity contribution in [1.82, 2.24) is 39.3 Å². The number of pyridine rings is 1. The van der Waals surface area contributed by atoms with Crippen LogP contribution in [-0.4, -0.2) is 84.8 Å². The van der Waals surface area contributed by atoms with Gasteiger partial charge in [-0.1, -0.05) is 0 Å². The molecule has 5 aromatic rings. The van der Waals surface area contributed by atoms with E-state index in [-0.39, 0.29) is 35.6 Å². The summed E-state index contributed by atoms with van der Waals surface area (Å²) in [7, 11) is 2.81. The van der Waals surface area contributed by atoms with Crippen molar-refractivity contribution in [1.29, 1.82) is 0 Å². The van der Waals surface area contributed by atoms with Gasteiger partial charge in [0.1, 0.15) is 12.4 Å². The Morgan fingerprint density at radius 1 is 1.02 bits per heavy atom. The van der Waals surface area contributed by atoms with Gasteiger partial charge < -0.3 is 19.1 Å². The predicted molar refractivity (Wildman–Crippen MR) is 132 cm³/mol. The number of fused-ring (bicyclic) bond motifs is 2. The summed E-state index contributed by atoms with van der Waals surface area (Å²) in [5.74, 6) is -3.16. The zero-order valence-corrected chi connectivity index (χ0v) is 21.4. The maximum absolute atomic E-state index is 15.3. The molecule has 1 unspecified atom stereocenters. The van der Waals surface area contributed by atoms with Crippen LogP contribution in [0.2, 0.25) is 0 Å². The Kier molecular flexibility index (Phi) is 6.22. The third kappa shape index (κ3) is 4.98. The molecule has 214 valence electrons. The lowest BCUT2D eigenvalue weighted by Crippen LogP contribution is -2.36. The predicted octanol–water partition coefficient (Wildman–Crippen LogP) is 3.41. The summed E-state index contributed by atoms with van der Waals surface area (Å²) in [6.07, 6.45) is -0.841. The number of methoxy groups -OCH3 is 2. The Labute approximate surface area is 227 Å². The average molecular weight is 577 g/mol. The zero-order chi connectivity index (χ0) is 28.9. The van der Waals surface area contributed by atoms with Crippen molar-refractivity contribution < 1.29 is 36.2 Å². The number of nitrogens with zero attached hydrogens (tertiary/aromatic N) is 9. The van der Waals surface area contributed by atoms with E-state index in [0.717, 1.165) is 0 Å². The van der Waals surface area contributed by atoms with E-state index in [1.807, 2.05) is 0 Å². The fourth-order valence-electron chi connectivity index (χ4n) is 4.55. The number of ether oxygens (including phenoxy) is 3. The third-order valence-corrected chi connectivity index (χ3v) is 6.40. The van der Waals surface area contributed by atoms with Gasteiger partial charge in [0.05, 0.1) is 56.5 Å². The molecule has 1 fully saturated rings. The second-order valence-corrected chi connectivity index (χ2v) is 9.13. The van der Waals surface area contributed by atoms with E-state index in [1.54, 1.807) is 12.1 Å². The Bertz CT molecular complexity index is 1740. The number of rotatable bonds is 7. The molecule has 5 aromatic heterocycles. The van der Waals surface area contributed by atoms with E-state index in [2.05, 4.69) is 30.1 Å². The van der Waals surface area contributed by atoms with E-state index in [4.69, 9.17) is 14.2 Å². The fraction of sp³-hybridized carbons (Fsp3) is 0.333. The standard InChI is InChI=1S/C24H20F5N9O3/c1-39-21-14(9-31-22(35-21)40-2)15-5-20(38-18(34-15)3-4-32-38)36-10-17(23(25,26)11-36)41-19-6-16-13(7-30-19)8-33-37(16)12-24(27,28)29/h3-9,17H,10-12H2,1-2H3. The summed E-state index contributed by atoms with van der Waals surface area (Å²) >= 11 is 0. The van der Waals surface area contributed by atoms with Crippen LogP contribution < -0.4 is 19.1 Å². The monoisotopic (exact) mass is 577 g/mol. The molecule has 41 heavy (non-hydrogen) atoms. The number of hydrogen-bond donors (Lipinski definition) is 0. The van der Waals surface area contributed by atoms with Crippen molar-refractivity contribution in [2.24, 2.45) is 0 Å². The molecule has 0 saturated carbocycles. The average Bonchev–Trinajstić information content (AvgIpc) is 3.64. The van der Waals surface area contributed by atoms with E-state index in [0.29, 0.717) is 27.0 Å². The van der Waals surface area contributed by atoms with Crippen LogP contribution in [0.5, 0.6) is 17.8 Å². The largest absolute Gasteiger partial charge is 0.480 e. The molecule has 6 heterocycles. The maximum atomic E-state index is 15.3. The quantitative estimate of drug-likeness (QED) is 0.267. The number of hydrogen-bond acceptors (Lipinski definition) is 10. The molecule has 0 spiro atoms. The molecule has 1 saturated heterocycles. The Balaban J connectivity index is 1.32. The van der Waals surface area contributed by atoms with Crippen molar-refractivity contribution >= 4 is 22.4 Å². The molecule has 0 aromatic carbocycles. The van der Waals surface area contributed by atoms with Gasteiger partial charge >= 0.3 is 18.1 Å². The van der Waals surface area contributed by atoms with Crippen LogP contribution in [0.4, 0.5) is 27.8 Å². The highest BCUT2D eigenvalue weighted by Crippen LogP contribution is 2.37. The first-order valence-electron chi connectivity index (χ1n) is 12.0. The van der Waals surface area contributed by atoms with Crippen molar-refractivity contribution in [3.05, 3.63) is 43.0 Å². The van der Waals surface area contributed by atoms with Crippen LogP contribution in [0, 0.1) is 0 Å². The number of aromatic nitrogens is 8. The highest BCUT2D eigenvalue weighted by atomic mass is 19.4. The van der Waals surface area contributed by atoms with Crippen molar-refractivity contribution in [3.63, 3.8) is 0 Å². The third-order valence-electron chi connectivity index (χ3n) is 6.40. The van der Waals surface area contributed by atoms with Gasteiger partial charge in [-0.05, 0) is 0 Å². The molecule has 6 rings (SSSR count). The molecule has 0 N–H and O–H groups in total. The number of anilines is 1. The lowest BCUT2D eigenvalue weighted by molar-refractivity contribution is -0.141. The van der Waals surface area contributed by atoms with Crippen LogP contribution in [0.15, 0.2) is 43.0 Å². The van der Waals surface area contributed by atoms with Crippen molar-refractivity contribution in [2.45, 2.75) is 24.7 Å².